The van der Waals surface area contributed by atoms with Gasteiger partial charge in [0.15, 0.2) is 0 Å². The molecule has 0 bridgehead atoms. The van der Waals surface area contributed by atoms with Crippen LogP contribution < -0.4 is 0 Å². The lowest BCUT2D eigenvalue weighted by atomic mass is 9.99. The molecule has 4 nitrogen and oxygen atoms in total. The maximum Gasteiger partial charge on any atom is 0.335 e. The van der Waals surface area contributed by atoms with Crippen molar-refractivity contribution in [3.05, 3.63) is 108 Å². The largest absolute Gasteiger partial charge is 0.478 e. The molecule has 0 saturated carbocycles. The quantitative estimate of drug-likeness (QED) is 0.370. The molecule has 0 aliphatic rings. The summed E-state index contributed by atoms with van der Waals surface area (Å²) in [5, 5.41) is 20.0. The molecule has 4 aromatic rings. The lowest BCUT2D eigenvalue weighted by Crippen LogP contribution is -2.01. The van der Waals surface area contributed by atoms with Crippen LogP contribution in [0.25, 0.3) is 22.4 Å². The molecule has 0 atom stereocenters. The molecule has 3 aromatic carbocycles. The van der Waals surface area contributed by atoms with Crippen LogP contribution in [0.2, 0.25) is 0 Å². The van der Waals surface area contributed by atoms with E-state index >= 15 is 0 Å². The normalized spacial score (nSPS) is 10.4. The van der Waals surface area contributed by atoms with Crippen molar-refractivity contribution in [2.75, 3.05) is 0 Å². The number of carboxylic acid groups (broad SMARTS) is 1. The summed E-state index contributed by atoms with van der Waals surface area (Å²) < 4.78 is 0. The van der Waals surface area contributed by atoms with E-state index in [2.05, 4.69) is 6.07 Å². The summed E-state index contributed by atoms with van der Waals surface area (Å²) in [5.74, 6) is -0.566. The molecule has 1 aromatic heterocycles. The average molecular weight is 423 g/mol. The second kappa shape index (κ2) is 9.29. The second-order valence-electron chi connectivity index (χ2n) is 6.83. The van der Waals surface area contributed by atoms with Crippen LogP contribution in [-0.2, 0) is 5.75 Å². The van der Waals surface area contributed by atoms with E-state index in [1.165, 1.54) is 11.8 Å². The highest BCUT2D eigenvalue weighted by molar-refractivity contribution is 7.98. The van der Waals surface area contributed by atoms with Gasteiger partial charge in [-0.15, -0.1) is 11.8 Å². The smallest absolute Gasteiger partial charge is 0.335 e. The van der Waals surface area contributed by atoms with Crippen molar-refractivity contribution in [3.8, 4) is 28.5 Å². The van der Waals surface area contributed by atoms with Gasteiger partial charge in [0.2, 0.25) is 0 Å². The Bertz CT molecular complexity index is 1270. The first-order valence-corrected chi connectivity index (χ1v) is 10.7. The van der Waals surface area contributed by atoms with E-state index in [0.29, 0.717) is 21.9 Å². The minimum Gasteiger partial charge on any atom is -0.478 e. The van der Waals surface area contributed by atoms with Gasteiger partial charge in [-0.2, -0.15) is 5.26 Å². The first kappa shape index (κ1) is 20.4. The summed E-state index contributed by atoms with van der Waals surface area (Å²) in [7, 11) is 0. The molecule has 1 heterocycles. The Hall–Kier alpha value is -3.88. The molecule has 150 valence electrons. The molecule has 1 N–H and O–H groups in total. The summed E-state index contributed by atoms with van der Waals surface area (Å²) in [6.45, 7) is 0. The summed E-state index contributed by atoms with van der Waals surface area (Å²) in [5.41, 5.74) is 4.92. The number of aromatic carboxylic acids is 1. The maximum atomic E-state index is 11.6. The minimum atomic E-state index is -0.965. The average Bonchev–Trinajstić information content (AvgIpc) is 2.83. The van der Waals surface area contributed by atoms with Gasteiger partial charge in [0, 0.05) is 16.9 Å². The molecular weight excluding hydrogens is 404 g/mol. The Morgan fingerprint density at radius 1 is 0.903 bits per heavy atom. The van der Waals surface area contributed by atoms with Crippen molar-refractivity contribution in [1.29, 1.82) is 5.26 Å². The molecule has 0 unspecified atom stereocenters. The third-order valence-electron chi connectivity index (χ3n) is 4.86. The number of hydrogen-bond donors (Lipinski definition) is 1. The van der Waals surface area contributed by atoms with Gasteiger partial charge in [-0.25, -0.2) is 9.78 Å². The number of nitrogens with zero attached hydrogens (tertiary/aromatic N) is 2. The van der Waals surface area contributed by atoms with Gasteiger partial charge in [0.05, 0.1) is 16.8 Å². The number of pyridine rings is 1. The summed E-state index contributed by atoms with van der Waals surface area (Å²) in [6.07, 6.45) is 0. The Kier molecular flexibility index (Phi) is 6.11. The molecule has 0 amide bonds. The van der Waals surface area contributed by atoms with Crippen LogP contribution in [0.5, 0.6) is 0 Å². The number of rotatable bonds is 6. The van der Waals surface area contributed by atoms with Gasteiger partial charge in [0.25, 0.3) is 0 Å². The van der Waals surface area contributed by atoms with Crippen LogP contribution in [0.1, 0.15) is 21.5 Å². The zero-order chi connectivity index (χ0) is 21.6. The number of carbonyl (C=O) groups is 1. The second-order valence-corrected chi connectivity index (χ2v) is 7.79. The molecule has 4 rings (SSSR count). The zero-order valence-electron chi connectivity index (χ0n) is 16.5. The molecule has 0 aliphatic heterocycles. The van der Waals surface area contributed by atoms with Gasteiger partial charge in [-0.3, -0.25) is 0 Å². The fourth-order valence-corrected chi connectivity index (χ4v) is 4.34. The molecule has 31 heavy (non-hydrogen) atoms. The summed E-state index contributed by atoms with van der Waals surface area (Å²) in [6, 6.07) is 30.7. The summed E-state index contributed by atoms with van der Waals surface area (Å²) in [4.78, 5) is 16.3. The summed E-state index contributed by atoms with van der Waals surface area (Å²) >= 11 is 1.38. The number of aromatic nitrogens is 1. The Balaban J connectivity index is 1.81. The van der Waals surface area contributed by atoms with Crippen LogP contribution in [0.4, 0.5) is 0 Å². The van der Waals surface area contributed by atoms with Crippen LogP contribution >= 0.6 is 11.8 Å². The van der Waals surface area contributed by atoms with Gasteiger partial charge < -0.3 is 5.11 Å². The van der Waals surface area contributed by atoms with E-state index in [0.717, 1.165) is 22.4 Å². The van der Waals surface area contributed by atoms with E-state index < -0.39 is 5.97 Å². The molecule has 0 spiro atoms. The predicted molar refractivity (Wildman–Crippen MR) is 123 cm³/mol. The van der Waals surface area contributed by atoms with Crippen molar-refractivity contribution < 1.29 is 9.90 Å². The van der Waals surface area contributed by atoms with E-state index in [1.54, 1.807) is 18.2 Å². The Morgan fingerprint density at radius 3 is 2.16 bits per heavy atom. The Morgan fingerprint density at radius 2 is 1.52 bits per heavy atom. The third-order valence-corrected chi connectivity index (χ3v) is 5.89. The number of nitriles is 1. The van der Waals surface area contributed by atoms with E-state index in [4.69, 9.17) is 4.98 Å². The Labute approximate surface area is 184 Å². The standard InChI is InChI=1S/C26H18N2O2S/c27-16-23-22(18-9-3-1-4-10-18)15-24(19-11-5-2-6-12-19)28-25(23)31-17-20-13-7-8-14-21(20)26(29)30/h1-15H,17H2,(H,29,30). The molecule has 0 radical (unpaired) electrons. The maximum absolute atomic E-state index is 11.6. The fraction of sp³-hybridized carbons (Fsp3) is 0.0385. The van der Waals surface area contributed by atoms with Gasteiger partial charge in [-0.1, -0.05) is 78.9 Å². The van der Waals surface area contributed by atoms with Gasteiger partial charge >= 0.3 is 5.97 Å². The molecule has 0 saturated heterocycles. The van der Waals surface area contributed by atoms with Crippen molar-refractivity contribution in [2.45, 2.75) is 10.8 Å². The van der Waals surface area contributed by atoms with Gasteiger partial charge in [-0.05, 0) is 23.3 Å². The van der Waals surface area contributed by atoms with Crippen molar-refractivity contribution in [3.63, 3.8) is 0 Å². The van der Waals surface area contributed by atoms with Crippen molar-refractivity contribution in [1.82, 2.24) is 4.98 Å². The molecule has 5 heteroatoms. The zero-order valence-corrected chi connectivity index (χ0v) is 17.3. The van der Waals surface area contributed by atoms with E-state index in [9.17, 15) is 15.2 Å². The lowest BCUT2D eigenvalue weighted by molar-refractivity contribution is 0.0696. The van der Waals surface area contributed by atoms with Crippen molar-refractivity contribution in [2.24, 2.45) is 0 Å². The van der Waals surface area contributed by atoms with Crippen LogP contribution in [-0.4, -0.2) is 16.1 Å². The van der Waals surface area contributed by atoms with Crippen LogP contribution in [0, 0.1) is 11.3 Å². The van der Waals surface area contributed by atoms with Crippen molar-refractivity contribution >= 4 is 17.7 Å². The number of carboxylic acids is 1. The van der Waals surface area contributed by atoms with E-state index in [1.807, 2.05) is 72.8 Å². The topological polar surface area (TPSA) is 74.0 Å². The molecule has 0 aliphatic carbocycles. The lowest BCUT2D eigenvalue weighted by Gasteiger charge is -2.13. The van der Waals surface area contributed by atoms with Gasteiger partial charge in [0.1, 0.15) is 11.1 Å². The van der Waals surface area contributed by atoms with Crippen LogP contribution in [0.3, 0.4) is 0 Å². The first-order valence-electron chi connectivity index (χ1n) is 9.67. The first-order chi connectivity index (χ1) is 15.2. The fourth-order valence-electron chi connectivity index (χ4n) is 3.34. The monoisotopic (exact) mass is 422 g/mol. The highest BCUT2D eigenvalue weighted by atomic mass is 32.2. The highest BCUT2D eigenvalue weighted by Gasteiger charge is 2.17. The highest BCUT2D eigenvalue weighted by Crippen LogP contribution is 2.35. The third kappa shape index (κ3) is 4.50. The SMILES string of the molecule is N#Cc1c(-c2ccccc2)cc(-c2ccccc2)nc1SCc1ccccc1C(=O)O. The molecule has 0 fully saturated rings. The predicted octanol–water partition coefficient (Wildman–Crippen LogP) is 6.28. The number of hydrogen-bond acceptors (Lipinski definition) is 4. The number of benzene rings is 3. The van der Waals surface area contributed by atoms with Crippen LogP contribution in [0.15, 0.2) is 96.0 Å². The number of thioether (sulfide) groups is 1. The van der Waals surface area contributed by atoms with E-state index in [-0.39, 0.29) is 5.56 Å². The minimum absolute atomic E-state index is 0.260. The molecular formula is C26H18N2O2S.